The van der Waals surface area contributed by atoms with Gasteiger partial charge in [0.1, 0.15) is 17.1 Å². The van der Waals surface area contributed by atoms with Crippen LogP contribution in [0.1, 0.15) is 23.0 Å². The largest absolute Gasteiger partial charge is 0.462 e. The first kappa shape index (κ1) is 22.0. The second-order valence-corrected chi connectivity index (χ2v) is 7.37. The number of furan rings is 1. The summed E-state index contributed by atoms with van der Waals surface area (Å²) in [7, 11) is 0. The lowest BCUT2D eigenvalue weighted by atomic mass is 10.1. The van der Waals surface area contributed by atoms with Crippen LogP contribution in [0.5, 0.6) is 0 Å². The Kier molecular flexibility index (Phi) is 6.10. The zero-order chi connectivity index (χ0) is 23.5. The van der Waals surface area contributed by atoms with Gasteiger partial charge in [0, 0.05) is 10.6 Å². The third-order valence-electron chi connectivity index (χ3n) is 4.76. The maximum Gasteiger partial charge on any atom is 0.338 e. The second-order valence-electron chi connectivity index (χ2n) is 6.94. The molecule has 33 heavy (non-hydrogen) atoms. The van der Waals surface area contributed by atoms with E-state index in [0.29, 0.717) is 21.9 Å². The molecule has 166 valence electrons. The number of nitrogens with one attached hydrogen (secondary N) is 1. The summed E-state index contributed by atoms with van der Waals surface area (Å²) in [6.45, 7) is 2.01. The lowest BCUT2D eigenvalue weighted by Gasteiger charge is -2.26. The van der Waals surface area contributed by atoms with E-state index in [1.165, 1.54) is 18.2 Å². The van der Waals surface area contributed by atoms with Gasteiger partial charge in [0.05, 0.1) is 17.9 Å². The molecule has 2 aromatic carbocycles. The topological polar surface area (TPSA) is 106 Å². The Morgan fingerprint density at radius 3 is 2.55 bits per heavy atom. The maximum atomic E-state index is 12.9. The number of barbiturate groups is 1. The van der Waals surface area contributed by atoms with Gasteiger partial charge in [0.25, 0.3) is 11.8 Å². The Balaban J connectivity index is 1.60. The average molecular weight is 465 g/mol. The Hall–Kier alpha value is -4.17. The van der Waals surface area contributed by atoms with E-state index in [9.17, 15) is 19.2 Å². The van der Waals surface area contributed by atoms with Gasteiger partial charge in [-0.25, -0.2) is 14.5 Å². The van der Waals surface area contributed by atoms with Gasteiger partial charge in [-0.3, -0.25) is 14.9 Å². The van der Waals surface area contributed by atoms with Gasteiger partial charge in [-0.2, -0.15) is 0 Å². The predicted octanol–water partition coefficient (Wildman–Crippen LogP) is 4.44. The van der Waals surface area contributed by atoms with Crippen molar-refractivity contribution in [1.29, 1.82) is 0 Å². The first-order chi connectivity index (χ1) is 15.9. The van der Waals surface area contributed by atoms with E-state index < -0.39 is 23.8 Å². The summed E-state index contributed by atoms with van der Waals surface area (Å²) in [6.07, 6.45) is 1.26. The Morgan fingerprint density at radius 2 is 1.85 bits per heavy atom. The number of carbonyl (C=O) groups excluding carboxylic acids is 4. The van der Waals surface area contributed by atoms with Crippen molar-refractivity contribution in [3.63, 3.8) is 0 Å². The van der Waals surface area contributed by atoms with Crippen molar-refractivity contribution >= 4 is 47.2 Å². The molecule has 0 unspecified atom stereocenters. The molecule has 1 N–H and O–H groups in total. The standard InChI is InChI=1S/C24H17ClN2O6/c1-2-32-23(30)15-8-6-14(7-9-15)20-11-10-18(33-20)13-19-21(28)26-24(31)27(22(19)29)17-5-3-4-16(25)12-17/h3-13H,2H2,1H3,(H,26,28,31). The molecule has 2 heterocycles. The van der Waals surface area contributed by atoms with Crippen LogP contribution in [0.25, 0.3) is 17.4 Å². The summed E-state index contributed by atoms with van der Waals surface area (Å²) in [5.41, 5.74) is 1.05. The molecule has 0 spiro atoms. The van der Waals surface area contributed by atoms with Gasteiger partial charge in [-0.15, -0.1) is 0 Å². The number of hydrogen-bond acceptors (Lipinski definition) is 6. The minimum absolute atomic E-state index is 0.227. The van der Waals surface area contributed by atoms with Crippen LogP contribution in [-0.2, 0) is 14.3 Å². The second kappa shape index (κ2) is 9.13. The highest BCUT2D eigenvalue weighted by molar-refractivity contribution is 6.39. The van der Waals surface area contributed by atoms with Crippen LogP contribution in [0.2, 0.25) is 5.02 Å². The van der Waals surface area contributed by atoms with E-state index in [-0.39, 0.29) is 23.6 Å². The molecule has 1 fully saturated rings. The van der Waals surface area contributed by atoms with E-state index in [4.69, 9.17) is 20.8 Å². The molecule has 3 aromatic rings. The third-order valence-corrected chi connectivity index (χ3v) is 5.00. The summed E-state index contributed by atoms with van der Waals surface area (Å²) in [5, 5.41) is 2.48. The lowest BCUT2D eigenvalue weighted by molar-refractivity contribution is -0.122. The molecular weight excluding hydrogens is 448 g/mol. The van der Waals surface area contributed by atoms with Gasteiger partial charge in [0.15, 0.2) is 0 Å². The predicted molar refractivity (Wildman–Crippen MR) is 121 cm³/mol. The van der Waals surface area contributed by atoms with Gasteiger partial charge < -0.3 is 9.15 Å². The van der Waals surface area contributed by atoms with Crippen LogP contribution in [0.4, 0.5) is 10.5 Å². The first-order valence-corrected chi connectivity index (χ1v) is 10.3. The fourth-order valence-electron chi connectivity index (χ4n) is 3.22. The minimum atomic E-state index is -0.869. The quantitative estimate of drug-likeness (QED) is 0.340. The normalized spacial score (nSPS) is 15.0. The first-order valence-electron chi connectivity index (χ1n) is 9.92. The molecule has 0 aliphatic carbocycles. The molecular formula is C24H17ClN2O6. The Morgan fingerprint density at radius 1 is 1.09 bits per heavy atom. The van der Waals surface area contributed by atoms with E-state index >= 15 is 0 Å². The van der Waals surface area contributed by atoms with Crippen molar-refractivity contribution in [1.82, 2.24) is 5.32 Å². The maximum absolute atomic E-state index is 12.9. The fraction of sp³-hybridized carbons (Fsp3) is 0.0833. The highest BCUT2D eigenvalue weighted by Gasteiger charge is 2.37. The van der Waals surface area contributed by atoms with Crippen LogP contribution < -0.4 is 10.2 Å². The molecule has 1 aliphatic rings. The van der Waals surface area contributed by atoms with Crippen molar-refractivity contribution in [2.75, 3.05) is 11.5 Å². The van der Waals surface area contributed by atoms with Crippen LogP contribution >= 0.6 is 11.6 Å². The number of carbonyl (C=O) groups is 4. The number of ether oxygens (including phenoxy) is 1. The number of nitrogens with zero attached hydrogens (tertiary/aromatic N) is 1. The monoisotopic (exact) mass is 464 g/mol. The zero-order valence-electron chi connectivity index (χ0n) is 17.3. The highest BCUT2D eigenvalue weighted by Crippen LogP contribution is 2.27. The van der Waals surface area contributed by atoms with E-state index in [1.54, 1.807) is 55.5 Å². The number of halogens is 1. The number of esters is 1. The van der Waals surface area contributed by atoms with E-state index in [0.717, 1.165) is 4.90 Å². The Bertz CT molecular complexity index is 1290. The van der Waals surface area contributed by atoms with Crippen LogP contribution in [-0.4, -0.2) is 30.4 Å². The summed E-state index contributed by atoms with van der Waals surface area (Å²) in [6, 6.07) is 15.2. The van der Waals surface area contributed by atoms with Crippen LogP contribution in [0, 0.1) is 0 Å². The third kappa shape index (κ3) is 4.56. The van der Waals surface area contributed by atoms with Crippen molar-refractivity contribution < 1.29 is 28.3 Å². The summed E-state index contributed by atoms with van der Waals surface area (Å²) >= 11 is 5.97. The average Bonchev–Trinajstić information content (AvgIpc) is 3.25. The van der Waals surface area contributed by atoms with Crippen LogP contribution in [0.3, 0.4) is 0 Å². The van der Waals surface area contributed by atoms with Gasteiger partial charge >= 0.3 is 12.0 Å². The number of urea groups is 1. The van der Waals surface area contributed by atoms with E-state index in [1.807, 2.05) is 0 Å². The van der Waals surface area contributed by atoms with Gasteiger partial charge in [0.2, 0.25) is 0 Å². The van der Waals surface area contributed by atoms with Crippen molar-refractivity contribution in [3.05, 3.63) is 82.6 Å². The Labute approximate surface area is 193 Å². The van der Waals surface area contributed by atoms with Gasteiger partial charge in [-0.1, -0.05) is 29.8 Å². The SMILES string of the molecule is CCOC(=O)c1ccc(-c2ccc(C=C3C(=O)NC(=O)N(c4cccc(Cl)c4)C3=O)o2)cc1. The molecule has 1 aromatic heterocycles. The number of rotatable bonds is 5. The molecule has 1 aliphatic heterocycles. The molecule has 0 atom stereocenters. The molecule has 0 radical (unpaired) electrons. The lowest BCUT2D eigenvalue weighted by Crippen LogP contribution is -2.54. The number of amides is 4. The smallest absolute Gasteiger partial charge is 0.338 e. The number of benzene rings is 2. The summed E-state index contributed by atoms with van der Waals surface area (Å²) < 4.78 is 10.7. The highest BCUT2D eigenvalue weighted by atomic mass is 35.5. The van der Waals surface area contributed by atoms with Crippen molar-refractivity contribution in [2.45, 2.75) is 6.92 Å². The molecule has 8 nitrogen and oxygen atoms in total. The van der Waals surface area contributed by atoms with Gasteiger partial charge in [-0.05, 0) is 55.5 Å². The zero-order valence-corrected chi connectivity index (χ0v) is 18.1. The fourth-order valence-corrected chi connectivity index (χ4v) is 3.40. The molecule has 1 saturated heterocycles. The molecule has 0 saturated carbocycles. The number of imide groups is 2. The van der Waals surface area contributed by atoms with E-state index in [2.05, 4.69) is 5.32 Å². The summed E-state index contributed by atoms with van der Waals surface area (Å²) in [5.74, 6) is -1.36. The number of hydrogen-bond donors (Lipinski definition) is 1. The van der Waals surface area contributed by atoms with Crippen LogP contribution in [0.15, 0.2) is 70.7 Å². The molecule has 9 heteroatoms. The minimum Gasteiger partial charge on any atom is -0.462 e. The molecule has 4 rings (SSSR count). The van der Waals surface area contributed by atoms with Crippen molar-refractivity contribution in [2.24, 2.45) is 0 Å². The molecule has 4 amide bonds. The molecule has 0 bridgehead atoms. The number of anilines is 1. The van der Waals surface area contributed by atoms with Crippen molar-refractivity contribution in [3.8, 4) is 11.3 Å². The summed E-state index contributed by atoms with van der Waals surface area (Å²) in [4.78, 5) is 50.2.